The lowest BCUT2D eigenvalue weighted by Gasteiger charge is -2.11. The number of hydrogen-bond acceptors (Lipinski definition) is 7. The predicted octanol–water partition coefficient (Wildman–Crippen LogP) is 0.980. The first-order chi connectivity index (χ1) is 11.6. The van der Waals surface area contributed by atoms with Crippen molar-refractivity contribution in [2.45, 2.75) is 4.90 Å². The van der Waals surface area contributed by atoms with Crippen LogP contribution in [0.3, 0.4) is 0 Å². The molecule has 4 rings (SSSR count). The lowest BCUT2D eigenvalue weighted by atomic mass is 10.0. The van der Waals surface area contributed by atoms with E-state index in [1.54, 1.807) is 41.2 Å². The highest BCUT2D eigenvalue weighted by Crippen LogP contribution is 2.35. The fourth-order valence-corrected chi connectivity index (χ4v) is 3.49. The van der Waals surface area contributed by atoms with Crippen LogP contribution >= 0.6 is 0 Å². The standard InChI is InChI=1S/C14H11N7O2S/c1-24(22,23)11-5-2-4-9(12(11)13-17-19-20-18-13)10-8-16-14-15-6-3-7-21(10)14/h2-8H,1H3,(H,17,18,19,20). The third kappa shape index (κ3) is 2.24. The molecule has 10 heteroatoms. The maximum atomic E-state index is 12.2. The van der Waals surface area contributed by atoms with E-state index in [0.717, 1.165) is 6.26 Å². The maximum Gasteiger partial charge on any atom is 0.234 e. The first-order valence-electron chi connectivity index (χ1n) is 6.91. The Morgan fingerprint density at radius 1 is 1.17 bits per heavy atom. The summed E-state index contributed by atoms with van der Waals surface area (Å²) >= 11 is 0. The molecule has 0 radical (unpaired) electrons. The fourth-order valence-electron chi connectivity index (χ4n) is 2.59. The Kier molecular flexibility index (Phi) is 3.13. The van der Waals surface area contributed by atoms with Crippen molar-refractivity contribution >= 4 is 15.6 Å². The molecule has 0 spiro atoms. The Bertz CT molecular complexity index is 1130. The largest absolute Gasteiger partial charge is 0.284 e. The summed E-state index contributed by atoms with van der Waals surface area (Å²) in [4.78, 5) is 8.56. The molecule has 0 aliphatic carbocycles. The molecule has 0 aliphatic rings. The Morgan fingerprint density at radius 3 is 2.79 bits per heavy atom. The normalized spacial score (nSPS) is 11.9. The van der Waals surface area contributed by atoms with Gasteiger partial charge >= 0.3 is 0 Å². The van der Waals surface area contributed by atoms with Gasteiger partial charge in [-0.3, -0.25) is 4.40 Å². The van der Waals surface area contributed by atoms with Crippen LogP contribution in [0.2, 0.25) is 0 Å². The van der Waals surface area contributed by atoms with Crippen LogP contribution in [0, 0.1) is 0 Å². The SMILES string of the molecule is CS(=O)(=O)c1cccc(-c2cnc3ncccn23)c1-c1nnn[nH]1. The fraction of sp³-hybridized carbons (Fsp3) is 0.0714. The van der Waals surface area contributed by atoms with Crippen LogP contribution in [0.5, 0.6) is 0 Å². The van der Waals surface area contributed by atoms with Crippen molar-refractivity contribution in [1.82, 2.24) is 35.0 Å². The zero-order valence-corrected chi connectivity index (χ0v) is 13.3. The van der Waals surface area contributed by atoms with E-state index in [1.165, 1.54) is 6.07 Å². The van der Waals surface area contributed by atoms with Crippen molar-refractivity contribution in [2.24, 2.45) is 0 Å². The summed E-state index contributed by atoms with van der Waals surface area (Å²) in [5.41, 5.74) is 1.72. The molecule has 4 aromatic rings. The van der Waals surface area contributed by atoms with Gasteiger partial charge in [0, 0.05) is 29.8 Å². The monoisotopic (exact) mass is 341 g/mol. The lowest BCUT2D eigenvalue weighted by molar-refractivity contribution is 0.602. The van der Waals surface area contributed by atoms with E-state index in [0.29, 0.717) is 22.6 Å². The molecule has 0 saturated heterocycles. The van der Waals surface area contributed by atoms with E-state index in [2.05, 4.69) is 30.6 Å². The highest BCUT2D eigenvalue weighted by atomic mass is 32.2. The van der Waals surface area contributed by atoms with Crippen LogP contribution in [0.1, 0.15) is 0 Å². The molecule has 120 valence electrons. The molecule has 0 atom stereocenters. The summed E-state index contributed by atoms with van der Waals surface area (Å²) in [5.74, 6) is 0.781. The predicted molar refractivity (Wildman–Crippen MR) is 84.7 cm³/mol. The molecule has 9 nitrogen and oxygen atoms in total. The number of benzene rings is 1. The van der Waals surface area contributed by atoms with E-state index in [1.807, 2.05) is 0 Å². The number of aromatic amines is 1. The van der Waals surface area contributed by atoms with Crippen LogP contribution in [0.4, 0.5) is 0 Å². The number of nitrogens with zero attached hydrogens (tertiary/aromatic N) is 6. The highest BCUT2D eigenvalue weighted by Gasteiger charge is 2.23. The second-order valence-electron chi connectivity index (χ2n) is 5.13. The van der Waals surface area contributed by atoms with Gasteiger partial charge in [-0.1, -0.05) is 12.1 Å². The molecule has 24 heavy (non-hydrogen) atoms. The summed E-state index contributed by atoms with van der Waals surface area (Å²) in [6.45, 7) is 0. The maximum absolute atomic E-state index is 12.2. The van der Waals surface area contributed by atoms with Crippen molar-refractivity contribution in [2.75, 3.05) is 6.26 Å². The topological polar surface area (TPSA) is 119 Å². The van der Waals surface area contributed by atoms with Crippen molar-refractivity contribution in [3.05, 3.63) is 42.9 Å². The first-order valence-corrected chi connectivity index (χ1v) is 8.80. The summed E-state index contributed by atoms with van der Waals surface area (Å²) < 4.78 is 26.2. The molecule has 3 aromatic heterocycles. The molecule has 0 fully saturated rings. The van der Waals surface area contributed by atoms with E-state index in [-0.39, 0.29) is 10.7 Å². The Hall–Kier alpha value is -3.14. The third-order valence-corrected chi connectivity index (χ3v) is 4.71. The van der Waals surface area contributed by atoms with Gasteiger partial charge in [-0.15, -0.1) is 5.10 Å². The van der Waals surface area contributed by atoms with Crippen LogP contribution in [-0.2, 0) is 9.84 Å². The summed E-state index contributed by atoms with van der Waals surface area (Å²) in [7, 11) is -3.49. The van der Waals surface area contributed by atoms with Gasteiger partial charge in [0.15, 0.2) is 15.7 Å². The minimum absolute atomic E-state index is 0.136. The quantitative estimate of drug-likeness (QED) is 0.590. The number of hydrogen-bond donors (Lipinski definition) is 1. The molecular weight excluding hydrogens is 330 g/mol. The number of tetrazole rings is 1. The van der Waals surface area contributed by atoms with Gasteiger partial charge in [0.25, 0.3) is 0 Å². The van der Waals surface area contributed by atoms with Gasteiger partial charge < -0.3 is 0 Å². The summed E-state index contributed by atoms with van der Waals surface area (Å²) in [6, 6.07) is 6.77. The van der Waals surface area contributed by atoms with Gasteiger partial charge in [0.05, 0.1) is 16.8 Å². The molecule has 0 unspecified atom stereocenters. The van der Waals surface area contributed by atoms with Crippen molar-refractivity contribution < 1.29 is 8.42 Å². The van der Waals surface area contributed by atoms with E-state index < -0.39 is 9.84 Å². The summed E-state index contributed by atoms with van der Waals surface area (Å²) in [5, 5.41) is 13.6. The van der Waals surface area contributed by atoms with Crippen molar-refractivity contribution in [1.29, 1.82) is 0 Å². The Labute approximate surface area is 136 Å². The van der Waals surface area contributed by atoms with E-state index in [4.69, 9.17) is 0 Å². The average molecular weight is 341 g/mol. The summed E-state index contributed by atoms with van der Waals surface area (Å²) in [6.07, 6.45) is 6.23. The molecule has 0 saturated carbocycles. The van der Waals surface area contributed by atoms with Crippen molar-refractivity contribution in [3.8, 4) is 22.6 Å². The molecule has 0 bridgehead atoms. The second kappa shape index (κ2) is 5.20. The zero-order chi connectivity index (χ0) is 16.7. The molecule has 1 N–H and O–H groups in total. The molecular formula is C14H11N7O2S. The zero-order valence-electron chi connectivity index (χ0n) is 12.4. The molecule has 0 amide bonds. The van der Waals surface area contributed by atoms with Gasteiger partial charge in [-0.05, 0) is 22.6 Å². The van der Waals surface area contributed by atoms with Gasteiger partial charge in [0.1, 0.15) is 0 Å². The Balaban J connectivity index is 2.10. The number of H-pyrrole nitrogens is 1. The number of rotatable bonds is 3. The average Bonchev–Trinajstić information content (AvgIpc) is 3.23. The minimum atomic E-state index is -3.49. The van der Waals surface area contributed by atoms with E-state index in [9.17, 15) is 8.42 Å². The smallest absolute Gasteiger partial charge is 0.234 e. The first kappa shape index (κ1) is 14.5. The molecule has 1 aromatic carbocycles. The number of nitrogens with one attached hydrogen (secondary N) is 1. The third-order valence-electron chi connectivity index (χ3n) is 3.57. The Morgan fingerprint density at radius 2 is 2.04 bits per heavy atom. The molecule has 3 heterocycles. The number of aromatic nitrogens is 7. The van der Waals surface area contributed by atoms with Crippen LogP contribution in [-0.4, -0.2) is 49.7 Å². The number of imidazole rings is 1. The van der Waals surface area contributed by atoms with E-state index >= 15 is 0 Å². The molecule has 0 aliphatic heterocycles. The van der Waals surface area contributed by atoms with Gasteiger partial charge in [0.2, 0.25) is 5.78 Å². The number of sulfone groups is 1. The van der Waals surface area contributed by atoms with Gasteiger partial charge in [-0.2, -0.15) is 0 Å². The highest BCUT2D eigenvalue weighted by molar-refractivity contribution is 7.90. The van der Waals surface area contributed by atoms with Crippen molar-refractivity contribution in [3.63, 3.8) is 0 Å². The second-order valence-corrected chi connectivity index (χ2v) is 7.12. The van der Waals surface area contributed by atoms with Crippen LogP contribution in [0.15, 0.2) is 47.8 Å². The lowest BCUT2D eigenvalue weighted by Crippen LogP contribution is -2.03. The van der Waals surface area contributed by atoms with Crippen LogP contribution in [0.25, 0.3) is 28.4 Å². The number of fused-ring (bicyclic) bond motifs is 1. The minimum Gasteiger partial charge on any atom is -0.284 e. The van der Waals surface area contributed by atoms with Crippen LogP contribution < -0.4 is 0 Å². The van der Waals surface area contributed by atoms with Gasteiger partial charge in [-0.25, -0.2) is 23.5 Å².